The first kappa shape index (κ1) is 48.2. The molecule has 2 N–H and O–H groups in total. The SMILES string of the molecule is CC(C)C(COc1cc([C@@](Cc2ccccc2)(NC(=O)c2ccc(Sc3ccccc3)c(C(F)(F)F)c2)c2cc(F)cc(C(F)(F)F)c2)ccc1F)NS(=O)(=O)c1ccc([N+](=O)[O-])cc1. The molecule has 6 aromatic rings. The van der Waals surface area contributed by atoms with Crippen LogP contribution in [0.2, 0.25) is 0 Å². The summed E-state index contributed by atoms with van der Waals surface area (Å²) >= 11 is 0.780. The fourth-order valence-electron chi connectivity index (χ4n) is 6.76. The van der Waals surface area contributed by atoms with Gasteiger partial charge in [0.25, 0.3) is 11.6 Å². The summed E-state index contributed by atoms with van der Waals surface area (Å²) in [6.45, 7) is 2.66. The number of nitrogens with zero attached hydrogens (tertiary/aromatic N) is 1. The Hall–Kier alpha value is -6.31. The highest BCUT2D eigenvalue weighted by Gasteiger charge is 2.42. The number of alkyl halides is 6. The van der Waals surface area contributed by atoms with Gasteiger partial charge >= 0.3 is 12.4 Å². The maximum absolute atomic E-state index is 15.8. The van der Waals surface area contributed by atoms with Gasteiger partial charge in [0.2, 0.25) is 10.0 Å². The van der Waals surface area contributed by atoms with Crippen molar-refractivity contribution < 1.29 is 58.0 Å². The molecule has 0 fully saturated rings. The number of nitro groups is 1. The monoisotopic (exact) mass is 943 g/mol. The highest BCUT2D eigenvalue weighted by Crippen LogP contribution is 2.42. The zero-order valence-corrected chi connectivity index (χ0v) is 35.7. The first-order valence-electron chi connectivity index (χ1n) is 19.4. The van der Waals surface area contributed by atoms with Gasteiger partial charge < -0.3 is 10.1 Å². The summed E-state index contributed by atoms with van der Waals surface area (Å²) in [7, 11) is -4.35. The molecule has 1 unspecified atom stereocenters. The van der Waals surface area contributed by atoms with Gasteiger partial charge in [-0.1, -0.05) is 80.2 Å². The van der Waals surface area contributed by atoms with E-state index in [1.165, 1.54) is 12.1 Å². The van der Waals surface area contributed by atoms with Crippen molar-refractivity contribution in [3.63, 3.8) is 0 Å². The second kappa shape index (κ2) is 19.4. The van der Waals surface area contributed by atoms with Gasteiger partial charge in [-0.15, -0.1) is 0 Å². The van der Waals surface area contributed by atoms with Gasteiger partial charge in [-0.2, -0.15) is 26.3 Å². The van der Waals surface area contributed by atoms with Gasteiger partial charge in [-0.05, 0) is 95.4 Å². The van der Waals surface area contributed by atoms with Crippen molar-refractivity contribution in [3.8, 4) is 5.75 Å². The van der Waals surface area contributed by atoms with Crippen molar-refractivity contribution in [1.82, 2.24) is 10.0 Å². The normalized spacial score (nSPS) is 13.5. The number of sulfonamides is 1. The van der Waals surface area contributed by atoms with E-state index in [0.717, 1.165) is 66.4 Å². The van der Waals surface area contributed by atoms with Crippen LogP contribution >= 0.6 is 11.8 Å². The molecule has 0 heterocycles. The molecule has 0 aliphatic rings. The molecular formula is C46H37F8N3O6S2. The topological polar surface area (TPSA) is 128 Å². The summed E-state index contributed by atoms with van der Waals surface area (Å²) in [5.74, 6) is -4.79. The van der Waals surface area contributed by atoms with Crippen LogP contribution in [0.1, 0.15) is 52.0 Å². The lowest BCUT2D eigenvalue weighted by atomic mass is 9.77. The van der Waals surface area contributed by atoms with Crippen LogP contribution in [0, 0.1) is 27.7 Å². The smallest absolute Gasteiger partial charge is 0.417 e. The van der Waals surface area contributed by atoms with Gasteiger partial charge in [-0.3, -0.25) is 14.9 Å². The molecule has 0 spiro atoms. The van der Waals surface area contributed by atoms with E-state index in [-0.39, 0.29) is 27.1 Å². The molecule has 0 bridgehead atoms. The Kier molecular flexibility index (Phi) is 14.4. The highest BCUT2D eigenvalue weighted by molar-refractivity contribution is 7.99. The molecule has 1 amide bonds. The number of hydrogen-bond donors (Lipinski definition) is 2. The van der Waals surface area contributed by atoms with E-state index in [0.29, 0.717) is 28.7 Å². The third-order valence-corrected chi connectivity index (χ3v) is 12.8. The largest absolute Gasteiger partial charge is 0.489 e. The van der Waals surface area contributed by atoms with Crippen molar-refractivity contribution in [2.45, 2.75) is 58.9 Å². The predicted octanol–water partition coefficient (Wildman–Crippen LogP) is 11.4. The summed E-state index contributed by atoms with van der Waals surface area (Å²) in [5.41, 5.74) is -6.30. The van der Waals surface area contributed by atoms with Crippen molar-refractivity contribution in [3.05, 3.63) is 195 Å². The maximum atomic E-state index is 15.8. The molecule has 0 saturated heterocycles. The lowest BCUT2D eigenvalue weighted by molar-refractivity contribution is -0.384. The lowest BCUT2D eigenvalue weighted by Crippen LogP contribution is -2.49. The second-order valence-corrected chi connectivity index (χ2v) is 17.9. The van der Waals surface area contributed by atoms with E-state index in [2.05, 4.69) is 10.0 Å². The second-order valence-electron chi connectivity index (χ2n) is 15.1. The molecule has 65 heavy (non-hydrogen) atoms. The molecular weight excluding hydrogens is 907 g/mol. The minimum Gasteiger partial charge on any atom is -0.489 e. The minimum atomic E-state index is -5.13. The zero-order chi connectivity index (χ0) is 47.3. The molecule has 19 heteroatoms. The van der Waals surface area contributed by atoms with E-state index in [9.17, 15) is 49.7 Å². The number of amides is 1. The summed E-state index contributed by atoms with van der Waals surface area (Å²) in [6, 6.07) is 26.0. The number of ether oxygens (including phenoxy) is 1. The average Bonchev–Trinajstić information content (AvgIpc) is 3.25. The highest BCUT2D eigenvalue weighted by atomic mass is 32.2. The zero-order valence-electron chi connectivity index (χ0n) is 34.1. The van der Waals surface area contributed by atoms with E-state index in [1.54, 1.807) is 62.4 Å². The molecule has 0 aliphatic carbocycles. The van der Waals surface area contributed by atoms with Crippen molar-refractivity contribution in [2.75, 3.05) is 6.61 Å². The van der Waals surface area contributed by atoms with Crippen LogP contribution in [0.4, 0.5) is 40.8 Å². The minimum absolute atomic E-state index is 0.204. The van der Waals surface area contributed by atoms with Crippen LogP contribution in [-0.4, -0.2) is 31.9 Å². The van der Waals surface area contributed by atoms with Crippen LogP contribution in [0.5, 0.6) is 5.75 Å². The first-order chi connectivity index (χ1) is 30.6. The Bertz CT molecular complexity index is 2780. The molecule has 0 saturated carbocycles. The van der Waals surface area contributed by atoms with Crippen molar-refractivity contribution >= 4 is 33.4 Å². The van der Waals surface area contributed by atoms with E-state index in [1.807, 2.05) is 0 Å². The lowest BCUT2D eigenvalue weighted by Gasteiger charge is -2.37. The van der Waals surface area contributed by atoms with Crippen molar-refractivity contribution in [2.24, 2.45) is 5.92 Å². The molecule has 340 valence electrons. The molecule has 0 radical (unpaired) electrons. The average molecular weight is 944 g/mol. The van der Waals surface area contributed by atoms with E-state index < -0.39 is 103 Å². The maximum Gasteiger partial charge on any atom is 0.417 e. The number of nitro benzene ring substituents is 1. The number of carbonyl (C=O) groups is 1. The molecule has 0 aromatic heterocycles. The summed E-state index contributed by atoms with van der Waals surface area (Å²) < 4.78 is 153. The van der Waals surface area contributed by atoms with Gasteiger partial charge in [-0.25, -0.2) is 21.9 Å². The van der Waals surface area contributed by atoms with Gasteiger partial charge in [0.05, 0.1) is 32.5 Å². The Balaban J connectivity index is 1.46. The number of hydrogen-bond acceptors (Lipinski definition) is 7. The van der Waals surface area contributed by atoms with Gasteiger partial charge in [0.1, 0.15) is 12.4 Å². The van der Waals surface area contributed by atoms with Gasteiger partial charge in [0, 0.05) is 33.9 Å². The predicted molar refractivity (Wildman–Crippen MR) is 226 cm³/mol. The fourth-order valence-corrected chi connectivity index (χ4v) is 9.10. The molecule has 0 aliphatic heterocycles. The van der Waals surface area contributed by atoms with Crippen LogP contribution in [0.25, 0.3) is 0 Å². The van der Waals surface area contributed by atoms with Crippen LogP contribution in [0.3, 0.4) is 0 Å². The Labute approximate surface area is 372 Å². The third-order valence-electron chi connectivity index (χ3n) is 10.2. The van der Waals surface area contributed by atoms with Crippen molar-refractivity contribution in [1.29, 1.82) is 0 Å². The Morgan fingerprint density at radius 3 is 1.98 bits per heavy atom. The van der Waals surface area contributed by atoms with Crippen LogP contribution in [0.15, 0.2) is 154 Å². The van der Waals surface area contributed by atoms with Crippen LogP contribution < -0.4 is 14.8 Å². The summed E-state index contributed by atoms with van der Waals surface area (Å²) in [6.07, 6.45) is -10.6. The number of non-ortho nitro benzene ring substituents is 1. The standard InChI is InChI=1S/C46H37F8N3O6S2/c1-28(2)40(56-65(61,62)37-17-15-35(16-18-37)57(59)60)27-63-41-25-31(14-19-39(41)48)44(26-29-9-5-3-6-10-29,32-22-33(45(49,50)51)24-34(47)23-32)55-43(58)30-13-20-42(38(21-30)46(52,53)54)64-36-11-7-4-8-12-36/h3-25,28,40,56H,26-27H2,1-2H3,(H,55,58)/t40?,44-/m1/s1. The number of halogens is 8. The Morgan fingerprint density at radius 1 is 0.754 bits per heavy atom. The molecule has 6 aromatic carbocycles. The quantitative estimate of drug-likeness (QED) is 0.0562. The third kappa shape index (κ3) is 11.7. The number of benzene rings is 6. The summed E-state index contributed by atoms with van der Waals surface area (Å²) in [4.78, 5) is 24.7. The fraction of sp³-hybridized carbons (Fsp3) is 0.196. The van der Waals surface area contributed by atoms with E-state index >= 15 is 8.78 Å². The molecule has 2 atom stereocenters. The molecule has 6 rings (SSSR count). The molecule has 9 nitrogen and oxygen atoms in total. The summed E-state index contributed by atoms with van der Waals surface area (Å²) in [5, 5.41) is 13.7. The van der Waals surface area contributed by atoms with E-state index in [4.69, 9.17) is 4.74 Å². The Morgan fingerprint density at radius 2 is 1.38 bits per heavy atom. The first-order valence-corrected chi connectivity index (χ1v) is 21.7. The van der Waals surface area contributed by atoms with Gasteiger partial charge in [0.15, 0.2) is 11.6 Å². The van der Waals surface area contributed by atoms with Crippen LogP contribution in [-0.2, 0) is 34.3 Å². The number of nitrogens with one attached hydrogen (secondary N) is 2. The number of carbonyl (C=O) groups excluding carboxylic acids is 1. The number of rotatable bonds is 16.